The predicted octanol–water partition coefficient (Wildman–Crippen LogP) is 2.13. The molecule has 0 unspecified atom stereocenters. The van der Waals surface area contributed by atoms with E-state index in [0.717, 1.165) is 6.42 Å². The van der Waals surface area contributed by atoms with Gasteiger partial charge in [-0.1, -0.05) is 32.0 Å². The van der Waals surface area contributed by atoms with Crippen LogP contribution in [-0.4, -0.2) is 37.8 Å². The molecule has 116 valence electrons. The van der Waals surface area contributed by atoms with Gasteiger partial charge in [-0.05, 0) is 29.0 Å². The third-order valence-corrected chi connectivity index (χ3v) is 4.89. The number of benzene rings is 1. The normalized spacial score (nSPS) is 15.1. The maximum Gasteiger partial charge on any atom is 0.223 e. The van der Waals surface area contributed by atoms with Crippen molar-refractivity contribution in [2.24, 2.45) is 0 Å². The molecule has 0 radical (unpaired) electrons. The fourth-order valence-electron chi connectivity index (χ4n) is 2.58. The van der Waals surface area contributed by atoms with Crippen molar-refractivity contribution in [3.63, 3.8) is 0 Å². The number of hydrogen-bond acceptors (Lipinski definition) is 3. The van der Waals surface area contributed by atoms with Gasteiger partial charge >= 0.3 is 0 Å². The Labute approximate surface area is 127 Å². The second kappa shape index (κ2) is 6.18. The van der Waals surface area contributed by atoms with E-state index in [9.17, 15) is 13.2 Å². The van der Waals surface area contributed by atoms with E-state index in [1.165, 1.54) is 22.9 Å². The Morgan fingerprint density at radius 2 is 2.00 bits per heavy atom. The van der Waals surface area contributed by atoms with Gasteiger partial charge in [0.1, 0.15) is 9.84 Å². The van der Waals surface area contributed by atoms with E-state index >= 15 is 0 Å². The zero-order valence-electron chi connectivity index (χ0n) is 12.9. The van der Waals surface area contributed by atoms with Gasteiger partial charge in [-0.2, -0.15) is 0 Å². The molecule has 0 aromatic heterocycles. The van der Waals surface area contributed by atoms with Crippen LogP contribution in [0.25, 0.3) is 0 Å². The van der Waals surface area contributed by atoms with Crippen LogP contribution in [0.4, 0.5) is 0 Å². The van der Waals surface area contributed by atoms with Gasteiger partial charge in [-0.25, -0.2) is 8.42 Å². The summed E-state index contributed by atoms with van der Waals surface area (Å²) in [6.07, 6.45) is 2.09. The van der Waals surface area contributed by atoms with E-state index in [1.54, 1.807) is 4.90 Å². The van der Waals surface area contributed by atoms with Crippen molar-refractivity contribution in [2.45, 2.75) is 39.2 Å². The zero-order valence-corrected chi connectivity index (χ0v) is 13.7. The second-order valence-corrected chi connectivity index (χ2v) is 8.39. The fraction of sp³-hybridized carbons (Fsp3) is 0.562. The molecule has 2 rings (SSSR count). The molecule has 5 heteroatoms. The lowest BCUT2D eigenvalue weighted by molar-refractivity contribution is -0.131. The van der Waals surface area contributed by atoms with E-state index in [4.69, 9.17) is 0 Å². The third-order valence-electron chi connectivity index (χ3n) is 3.95. The van der Waals surface area contributed by atoms with E-state index < -0.39 is 9.84 Å². The molecule has 0 saturated carbocycles. The highest BCUT2D eigenvalue weighted by Crippen LogP contribution is 2.24. The Hall–Kier alpha value is -1.36. The summed E-state index contributed by atoms with van der Waals surface area (Å²) in [5.74, 6) is 0.328. The summed E-state index contributed by atoms with van der Waals surface area (Å²) in [7, 11) is -3.08. The van der Waals surface area contributed by atoms with Crippen LogP contribution in [0.2, 0.25) is 0 Å². The maximum absolute atomic E-state index is 12.1. The summed E-state index contributed by atoms with van der Waals surface area (Å²) < 4.78 is 22.3. The summed E-state index contributed by atoms with van der Waals surface area (Å²) in [4.78, 5) is 13.9. The number of carbonyl (C=O) groups excluding carboxylic acids is 1. The van der Waals surface area contributed by atoms with Crippen LogP contribution in [0.3, 0.4) is 0 Å². The SMILES string of the molecule is CC(C)c1ccc2c(c1)CN(C(=O)CCS(C)(=O)=O)CC2. The Morgan fingerprint density at radius 3 is 2.62 bits per heavy atom. The molecule has 21 heavy (non-hydrogen) atoms. The number of nitrogens with zero attached hydrogens (tertiary/aromatic N) is 1. The van der Waals surface area contributed by atoms with Crippen molar-refractivity contribution in [3.8, 4) is 0 Å². The molecule has 0 fully saturated rings. The minimum absolute atomic E-state index is 0.0682. The van der Waals surface area contributed by atoms with Crippen molar-refractivity contribution in [1.82, 2.24) is 4.90 Å². The summed E-state index contributed by atoms with van der Waals surface area (Å²) >= 11 is 0. The number of hydrogen-bond donors (Lipinski definition) is 0. The number of carbonyl (C=O) groups is 1. The average molecular weight is 309 g/mol. The first-order valence-corrected chi connectivity index (χ1v) is 9.39. The smallest absolute Gasteiger partial charge is 0.223 e. The van der Waals surface area contributed by atoms with Crippen LogP contribution in [-0.2, 0) is 27.6 Å². The highest BCUT2D eigenvalue weighted by molar-refractivity contribution is 7.90. The highest BCUT2D eigenvalue weighted by atomic mass is 32.2. The van der Waals surface area contributed by atoms with Crippen LogP contribution >= 0.6 is 0 Å². The van der Waals surface area contributed by atoms with E-state index in [0.29, 0.717) is 19.0 Å². The first kappa shape index (κ1) is 16.0. The lowest BCUT2D eigenvalue weighted by Gasteiger charge is -2.29. The monoisotopic (exact) mass is 309 g/mol. The molecule has 1 amide bonds. The standard InChI is InChI=1S/C16H23NO3S/c1-12(2)14-5-4-13-6-8-17(11-15(13)10-14)16(18)7-9-21(3,19)20/h4-5,10,12H,6-9,11H2,1-3H3. The van der Waals surface area contributed by atoms with Gasteiger partial charge in [0.05, 0.1) is 5.75 Å². The Balaban J connectivity index is 2.07. The third kappa shape index (κ3) is 4.30. The van der Waals surface area contributed by atoms with Crippen LogP contribution in [0.1, 0.15) is 42.9 Å². The van der Waals surface area contributed by atoms with Gasteiger partial charge in [-0.3, -0.25) is 4.79 Å². The molecule has 0 bridgehead atoms. The molecule has 4 nitrogen and oxygen atoms in total. The number of sulfone groups is 1. The number of amides is 1. The Morgan fingerprint density at radius 1 is 1.29 bits per heavy atom. The average Bonchev–Trinajstić information content (AvgIpc) is 2.42. The molecule has 1 heterocycles. The van der Waals surface area contributed by atoms with E-state index in [1.807, 2.05) is 0 Å². The van der Waals surface area contributed by atoms with Crippen molar-refractivity contribution < 1.29 is 13.2 Å². The van der Waals surface area contributed by atoms with Crippen molar-refractivity contribution >= 4 is 15.7 Å². The molecule has 0 atom stereocenters. The van der Waals surface area contributed by atoms with Gasteiger partial charge in [0, 0.05) is 25.8 Å². The molecule has 0 N–H and O–H groups in total. The predicted molar refractivity (Wildman–Crippen MR) is 84.0 cm³/mol. The van der Waals surface area contributed by atoms with Gasteiger partial charge in [0.2, 0.25) is 5.91 Å². The molecule has 1 aromatic carbocycles. The second-order valence-electron chi connectivity index (χ2n) is 6.13. The highest BCUT2D eigenvalue weighted by Gasteiger charge is 2.21. The van der Waals surface area contributed by atoms with E-state index in [2.05, 4.69) is 32.0 Å². The van der Waals surface area contributed by atoms with Crippen LogP contribution < -0.4 is 0 Å². The molecular formula is C16H23NO3S. The van der Waals surface area contributed by atoms with Crippen molar-refractivity contribution in [2.75, 3.05) is 18.6 Å². The van der Waals surface area contributed by atoms with Gasteiger partial charge in [0.15, 0.2) is 0 Å². The fourth-order valence-corrected chi connectivity index (χ4v) is 3.13. The van der Waals surface area contributed by atoms with Gasteiger partial charge in [0.25, 0.3) is 0 Å². The van der Waals surface area contributed by atoms with Crippen molar-refractivity contribution in [1.29, 1.82) is 0 Å². The number of rotatable bonds is 4. The lowest BCUT2D eigenvalue weighted by Crippen LogP contribution is -2.36. The minimum Gasteiger partial charge on any atom is -0.338 e. The molecule has 1 aromatic rings. The molecule has 0 aliphatic carbocycles. The Bertz CT molecular complexity index is 635. The first-order chi connectivity index (χ1) is 9.76. The molecule has 1 aliphatic rings. The summed E-state index contributed by atoms with van der Waals surface area (Å²) in [6, 6.07) is 6.49. The molecular weight excluding hydrogens is 286 g/mol. The van der Waals surface area contributed by atoms with Gasteiger partial charge in [-0.15, -0.1) is 0 Å². The largest absolute Gasteiger partial charge is 0.338 e. The van der Waals surface area contributed by atoms with E-state index in [-0.39, 0.29) is 18.1 Å². The Kier molecular flexibility index (Phi) is 4.71. The molecule has 0 saturated heterocycles. The minimum atomic E-state index is -3.08. The van der Waals surface area contributed by atoms with Crippen LogP contribution in [0, 0.1) is 0 Å². The first-order valence-electron chi connectivity index (χ1n) is 7.33. The lowest BCUT2D eigenvalue weighted by atomic mass is 9.93. The summed E-state index contributed by atoms with van der Waals surface area (Å²) in [5.41, 5.74) is 3.77. The topological polar surface area (TPSA) is 54.5 Å². The quantitative estimate of drug-likeness (QED) is 0.856. The van der Waals surface area contributed by atoms with Crippen LogP contribution in [0.15, 0.2) is 18.2 Å². The molecule has 1 aliphatic heterocycles. The summed E-state index contributed by atoms with van der Waals surface area (Å²) in [6.45, 7) is 5.58. The van der Waals surface area contributed by atoms with Crippen LogP contribution in [0.5, 0.6) is 0 Å². The van der Waals surface area contributed by atoms with Crippen molar-refractivity contribution in [3.05, 3.63) is 34.9 Å². The molecule has 0 spiro atoms. The number of fused-ring (bicyclic) bond motifs is 1. The zero-order chi connectivity index (χ0) is 15.6. The maximum atomic E-state index is 12.1. The van der Waals surface area contributed by atoms with Gasteiger partial charge < -0.3 is 4.90 Å². The summed E-state index contributed by atoms with van der Waals surface area (Å²) in [5, 5.41) is 0.